The van der Waals surface area contributed by atoms with Crippen molar-refractivity contribution in [2.75, 3.05) is 0 Å². The smallest absolute Gasteiger partial charge is 0.189 e. The van der Waals surface area contributed by atoms with Crippen molar-refractivity contribution in [2.45, 2.75) is 0 Å². The summed E-state index contributed by atoms with van der Waals surface area (Å²) in [7, 11) is 0. The molecule has 0 fully saturated rings. The van der Waals surface area contributed by atoms with Gasteiger partial charge in [0, 0.05) is 98.5 Å². The van der Waals surface area contributed by atoms with E-state index in [1.54, 1.807) is 0 Å². The largest absolute Gasteiger partial charge is 0.455 e. The second-order valence-corrected chi connectivity index (χ2v) is 33.5. The standard InChI is InChI=1S/C43H24N2O.C39H22N2O.C38H23NO/c1-44-32-16-19-40-37(25-32)36-23-31(15-18-39(36)45(40)33-17-14-26-8-2-3-9-27(26)20-33)35-22-30-12-6-7-13-34(30)42-38-21-28-10-4-5-11-29(28)24-41(38)46-43(35)42;1-40-28-16-18-32-31-17-15-27(21-35(31)41(36(32)23-28)29-12-3-2-4-13-29)33-20-26-11-7-8-14-30(26)38-34-19-24-9-5-6-10-25(24)22-37(34)42-39(33)38;1-2-13-28(14-3-1)39-34-17-9-8-16-30(34)32-22-27(18-19-35(32)39)31-21-26-12-6-7-15-29(26)37-33-20-24-10-4-5-11-25(24)23-36(33)40-38(31)37/h2-25H;2-23H;1-23H. The van der Waals surface area contributed by atoms with Gasteiger partial charge in [0.2, 0.25) is 0 Å². The minimum Gasteiger partial charge on any atom is -0.455 e. The zero-order valence-corrected chi connectivity index (χ0v) is 68.8. The van der Waals surface area contributed by atoms with Crippen LogP contribution in [0.4, 0.5) is 11.4 Å². The molecule has 0 N–H and O–H groups in total. The Labute approximate surface area is 731 Å². The molecule has 0 saturated heterocycles. The maximum Gasteiger partial charge on any atom is 0.189 e. The fraction of sp³-hybridized carbons (Fsp3) is 0. The van der Waals surface area contributed by atoms with Crippen LogP contribution in [0.2, 0.25) is 0 Å². The molecule has 8 heteroatoms. The quantitative estimate of drug-likeness (QED) is 0.156. The fourth-order valence-corrected chi connectivity index (χ4v) is 20.5. The molecule has 0 atom stereocenters. The van der Waals surface area contributed by atoms with Crippen LogP contribution in [0, 0.1) is 13.1 Å². The van der Waals surface area contributed by atoms with E-state index in [0.717, 1.165) is 149 Å². The van der Waals surface area contributed by atoms with Crippen LogP contribution in [-0.2, 0) is 0 Å². The van der Waals surface area contributed by atoms with E-state index in [9.17, 15) is 0 Å². The molecule has 28 rings (SSSR count). The molecule has 8 nitrogen and oxygen atoms in total. The van der Waals surface area contributed by atoms with Crippen LogP contribution >= 0.6 is 0 Å². The van der Waals surface area contributed by atoms with E-state index in [2.05, 4.69) is 412 Å². The number of rotatable bonds is 6. The monoisotopic (exact) mass is 1630 g/mol. The van der Waals surface area contributed by atoms with Crippen LogP contribution in [0.25, 0.3) is 267 Å². The van der Waals surface area contributed by atoms with Gasteiger partial charge in [-0.1, -0.05) is 273 Å². The molecule has 0 amide bonds. The molecule has 0 spiro atoms. The Morgan fingerprint density at radius 1 is 0.180 bits per heavy atom. The Morgan fingerprint density at radius 2 is 0.492 bits per heavy atom. The third-order valence-electron chi connectivity index (χ3n) is 26.4. The van der Waals surface area contributed by atoms with Crippen molar-refractivity contribution in [3.8, 4) is 50.4 Å². The number of nitrogens with zero attached hydrogens (tertiary/aromatic N) is 5. The summed E-state index contributed by atoms with van der Waals surface area (Å²) in [5, 5.41) is 30.6. The summed E-state index contributed by atoms with van der Waals surface area (Å²) in [6.45, 7) is 15.4. The predicted octanol–water partition coefficient (Wildman–Crippen LogP) is 34.2. The van der Waals surface area contributed by atoms with E-state index in [4.69, 9.17) is 26.4 Å². The lowest BCUT2D eigenvalue weighted by atomic mass is 9.95. The molecule has 592 valence electrons. The molecular weight excluding hydrogens is 1560 g/mol. The minimum absolute atomic E-state index is 0.632. The number of aromatic nitrogens is 3. The third-order valence-corrected chi connectivity index (χ3v) is 26.4. The lowest BCUT2D eigenvalue weighted by molar-refractivity contribution is 0.670. The molecule has 6 aromatic heterocycles. The molecule has 0 radical (unpaired) electrons. The summed E-state index contributed by atoms with van der Waals surface area (Å²) < 4.78 is 27.2. The number of fused-ring (bicyclic) bond motifs is 28. The summed E-state index contributed by atoms with van der Waals surface area (Å²) >= 11 is 0. The summed E-state index contributed by atoms with van der Waals surface area (Å²) in [5.41, 5.74) is 23.3. The van der Waals surface area contributed by atoms with Gasteiger partial charge in [0.1, 0.15) is 33.5 Å². The molecular formula is C120H69N5O3. The summed E-state index contributed by atoms with van der Waals surface area (Å²) in [6.07, 6.45) is 0. The van der Waals surface area contributed by atoms with Crippen molar-refractivity contribution < 1.29 is 13.3 Å². The second kappa shape index (κ2) is 28.5. The van der Waals surface area contributed by atoms with Crippen LogP contribution in [-0.4, -0.2) is 13.7 Å². The van der Waals surface area contributed by atoms with E-state index in [0.29, 0.717) is 11.4 Å². The van der Waals surface area contributed by atoms with Gasteiger partial charge in [-0.25, -0.2) is 9.69 Å². The molecule has 0 bridgehead atoms. The first kappa shape index (κ1) is 72.1. The maximum atomic E-state index is 7.74. The zero-order chi connectivity index (χ0) is 84.3. The number of para-hydroxylation sites is 3. The van der Waals surface area contributed by atoms with Crippen molar-refractivity contribution >= 4 is 218 Å². The van der Waals surface area contributed by atoms with E-state index < -0.39 is 0 Å². The van der Waals surface area contributed by atoms with Gasteiger partial charge >= 0.3 is 0 Å². The number of hydrogen-bond acceptors (Lipinski definition) is 3. The lowest BCUT2D eigenvalue weighted by Gasteiger charge is -2.10. The molecule has 0 aliphatic rings. The Kier molecular flexibility index (Phi) is 16.1. The lowest BCUT2D eigenvalue weighted by Crippen LogP contribution is -1.93. The van der Waals surface area contributed by atoms with Crippen LogP contribution in [0.5, 0.6) is 0 Å². The fourth-order valence-electron chi connectivity index (χ4n) is 20.5. The Balaban J connectivity index is 0.000000102. The minimum atomic E-state index is 0.632. The van der Waals surface area contributed by atoms with Crippen molar-refractivity contribution in [1.29, 1.82) is 0 Å². The van der Waals surface area contributed by atoms with Crippen molar-refractivity contribution in [1.82, 2.24) is 13.7 Å². The van der Waals surface area contributed by atoms with Crippen LogP contribution in [0.3, 0.4) is 0 Å². The molecule has 0 aliphatic heterocycles. The zero-order valence-electron chi connectivity index (χ0n) is 68.8. The number of furan rings is 3. The summed E-state index contributed by atoms with van der Waals surface area (Å²) in [4.78, 5) is 7.50. The normalized spacial score (nSPS) is 11.9. The van der Waals surface area contributed by atoms with E-state index in [-0.39, 0.29) is 0 Å². The molecule has 22 aromatic carbocycles. The van der Waals surface area contributed by atoms with Crippen LogP contribution in [0.15, 0.2) is 432 Å². The van der Waals surface area contributed by atoms with Gasteiger partial charge in [0.25, 0.3) is 0 Å². The highest BCUT2D eigenvalue weighted by atomic mass is 16.3. The van der Waals surface area contributed by atoms with Crippen LogP contribution in [0.1, 0.15) is 0 Å². The van der Waals surface area contributed by atoms with Gasteiger partial charge < -0.3 is 27.0 Å². The van der Waals surface area contributed by atoms with Crippen molar-refractivity contribution in [3.63, 3.8) is 0 Å². The Hall–Kier alpha value is -17.6. The summed E-state index contributed by atoms with van der Waals surface area (Å²) in [5.74, 6) is 0. The van der Waals surface area contributed by atoms with Gasteiger partial charge in [-0.05, 0) is 243 Å². The molecule has 128 heavy (non-hydrogen) atoms. The van der Waals surface area contributed by atoms with E-state index >= 15 is 0 Å². The molecule has 0 saturated carbocycles. The van der Waals surface area contributed by atoms with Gasteiger partial charge in [0.05, 0.1) is 40.7 Å². The van der Waals surface area contributed by atoms with Crippen molar-refractivity contribution in [3.05, 3.63) is 441 Å². The van der Waals surface area contributed by atoms with Gasteiger partial charge in [-0.3, -0.25) is 0 Å². The highest BCUT2D eigenvalue weighted by Gasteiger charge is 2.25. The van der Waals surface area contributed by atoms with Gasteiger partial charge in [0.15, 0.2) is 11.4 Å². The highest BCUT2D eigenvalue weighted by molar-refractivity contribution is 6.28. The molecule has 0 unspecified atom stereocenters. The molecule has 0 aliphatic carbocycles. The highest BCUT2D eigenvalue weighted by Crippen LogP contribution is 2.50. The van der Waals surface area contributed by atoms with Crippen LogP contribution < -0.4 is 0 Å². The maximum absolute atomic E-state index is 7.74. The molecule has 28 aromatic rings. The topological polar surface area (TPSA) is 62.9 Å². The van der Waals surface area contributed by atoms with E-state index in [1.807, 2.05) is 30.3 Å². The summed E-state index contributed by atoms with van der Waals surface area (Å²) in [6, 6.07) is 148. The van der Waals surface area contributed by atoms with Gasteiger partial charge in [-0.15, -0.1) is 0 Å². The average molecular weight is 1630 g/mol. The third kappa shape index (κ3) is 11.3. The number of hydrogen-bond donors (Lipinski definition) is 0. The van der Waals surface area contributed by atoms with E-state index in [1.165, 1.54) is 108 Å². The number of benzene rings is 22. The first-order valence-electron chi connectivity index (χ1n) is 43.2. The SMILES string of the molecule is [C-]#[N+]c1ccc2c(c1)c1cc(-c3cc4ccccc4c4c3oc3cc5ccccc5cc34)ccc1n2-c1ccc2ccccc2c1.[C-]#[N+]c1ccc2c3ccc(-c4cc5ccccc5c5c4oc4cc6ccccc6cc45)cc3n(-c3ccccc3)c2c1.c1ccc(-n2c3ccccc3c3cc(-c4cc5ccccc5c5c4oc4cc6ccccc6cc45)ccc32)cc1. The van der Waals surface area contributed by atoms with Gasteiger partial charge in [-0.2, -0.15) is 0 Å². The first-order valence-corrected chi connectivity index (χ1v) is 43.2. The predicted molar refractivity (Wildman–Crippen MR) is 536 cm³/mol. The van der Waals surface area contributed by atoms with Crippen molar-refractivity contribution in [2.24, 2.45) is 0 Å². The molecule has 6 heterocycles. The Morgan fingerprint density at radius 3 is 0.961 bits per heavy atom. The second-order valence-electron chi connectivity index (χ2n) is 33.5. The average Bonchev–Trinajstić information content (AvgIpc) is 1.56. The first-order chi connectivity index (χ1) is 63.3. The Bertz CT molecular complexity index is 9700.